The first kappa shape index (κ1) is 21.5. The van der Waals surface area contributed by atoms with Crippen molar-refractivity contribution in [3.8, 4) is 17.5 Å². The highest BCUT2D eigenvalue weighted by Crippen LogP contribution is 2.23. The van der Waals surface area contributed by atoms with E-state index in [4.69, 9.17) is 11.6 Å². The molecule has 32 heavy (non-hydrogen) atoms. The van der Waals surface area contributed by atoms with E-state index in [0.29, 0.717) is 28.5 Å². The summed E-state index contributed by atoms with van der Waals surface area (Å²) in [6.07, 6.45) is 6.42. The summed E-state index contributed by atoms with van der Waals surface area (Å²) in [5.41, 5.74) is 2.68. The molecular weight excluding hydrogens is 444 g/mol. The van der Waals surface area contributed by atoms with Gasteiger partial charge in [0.05, 0.1) is 16.9 Å². The lowest BCUT2D eigenvalue weighted by atomic mass is 10.2. The van der Waals surface area contributed by atoms with Gasteiger partial charge in [-0.15, -0.1) is 0 Å². The molecule has 2 aromatic heterocycles. The normalized spacial score (nSPS) is 11.8. The molecule has 0 amide bonds. The second kappa shape index (κ2) is 9.18. The predicted octanol–water partition coefficient (Wildman–Crippen LogP) is 4.99. The van der Waals surface area contributed by atoms with Gasteiger partial charge < -0.3 is 4.57 Å². The third-order valence-corrected chi connectivity index (χ3v) is 6.79. The summed E-state index contributed by atoms with van der Waals surface area (Å²) in [7, 11) is -3.91. The second-order valence-electron chi connectivity index (χ2n) is 6.93. The Balaban J connectivity index is 1.62. The van der Waals surface area contributed by atoms with Gasteiger partial charge in [-0.25, -0.2) is 13.4 Å². The Morgan fingerprint density at radius 3 is 2.53 bits per heavy atom. The Hall–Kier alpha value is -3.73. The van der Waals surface area contributed by atoms with E-state index in [1.165, 1.54) is 18.2 Å². The molecule has 0 saturated carbocycles. The average Bonchev–Trinajstić information content (AvgIpc) is 3.28. The first-order chi connectivity index (χ1) is 15.5. The number of halogens is 1. The molecule has 4 aromatic rings. The topological polar surface area (TPSA) is 88.6 Å². The summed E-state index contributed by atoms with van der Waals surface area (Å²) in [5, 5.41) is 10.2. The standard InChI is InChI=1S/C24H17ClN4O2S/c25-22-9-5-4-6-19(22)15-29-16-24(28-17-29)23-13-18(10-11-27-23)12-21(14-26)32(30,31)20-7-2-1-3-8-20/h1-13,16-17H,15H2. The highest BCUT2D eigenvalue weighted by atomic mass is 35.5. The van der Waals surface area contributed by atoms with Crippen molar-refractivity contribution in [3.05, 3.63) is 107 Å². The van der Waals surface area contributed by atoms with Crippen LogP contribution in [-0.2, 0) is 16.4 Å². The van der Waals surface area contributed by atoms with Crippen molar-refractivity contribution in [3.63, 3.8) is 0 Å². The van der Waals surface area contributed by atoms with E-state index in [1.54, 1.807) is 48.9 Å². The molecule has 0 bridgehead atoms. The Bertz CT molecular complexity index is 1440. The van der Waals surface area contributed by atoms with Crippen molar-refractivity contribution in [1.29, 1.82) is 5.26 Å². The molecule has 0 aliphatic rings. The minimum absolute atomic E-state index is 0.0698. The van der Waals surface area contributed by atoms with Gasteiger partial charge in [0.2, 0.25) is 9.84 Å². The highest BCUT2D eigenvalue weighted by molar-refractivity contribution is 7.95. The van der Waals surface area contributed by atoms with E-state index < -0.39 is 9.84 Å². The first-order valence-corrected chi connectivity index (χ1v) is 11.5. The number of pyridine rings is 1. The molecular formula is C24H17ClN4O2S. The Morgan fingerprint density at radius 2 is 1.78 bits per heavy atom. The summed E-state index contributed by atoms with van der Waals surface area (Å²) < 4.78 is 27.5. The lowest BCUT2D eigenvalue weighted by Gasteiger charge is -2.04. The second-order valence-corrected chi connectivity index (χ2v) is 9.26. The van der Waals surface area contributed by atoms with Crippen LogP contribution in [0, 0.1) is 11.3 Å². The van der Waals surface area contributed by atoms with Crippen molar-refractivity contribution >= 4 is 27.5 Å². The van der Waals surface area contributed by atoms with Gasteiger partial charge in [-0.05, 0) is 47.5 Å². The van der Waals surface area contributed by atoms with Gasteiger partial charge in [-0.3, -0.25) is 4.98 Å². The molecule has 0 unspecified atom stereocenters. The van der Waals surface area contributed by atoms with E-state index in [-0.39, 0.29) is 9.80 Å². The molecule has 0 aliphatic carbocycles. The van der Waals surface area contributed by atoms with E-state index in [1.807, 2.05) is 35.0 Å². The number of sulfone groups is 1. The Kier molecular flexibility index (Phi) is 6.17. The van der Waals surface area contributed by atoms with Crippen LogP contribution in [0.2, 0.25) is 5.02 Å². The molecule has 8 heteroatoms. The van der Waals surface area contributed by atoms with Gasteiger partial charge in [0, 0.05) is 24.0 Å². The third-order valence-electron chi connectivity index (χ3n) is 4.74. The molecule has 4 rings (SSSR count). The first-order valence-electron chi connectivity index (χ1n) is 9.61. The van der Waals surface area contributed by atoms with Crippen LogP contribution in [0.3, 0.4) is 0 Å². The van der Waals surface area contributed by atoms with Crippen molar-refractivity contribution < 1.29 is 8.42 Å². The van der Waals surface area contributed by atoms with Crippen LogP contribution in [0.15, 0.2) is 95.3 Å². The maximum atomic E-state index is 12.8. The van der Waals surface area contributed by atoms with E-state index in [2.05, 4.69) is 9.97 Å². The lowest BCUT2D eigenvalue weighted by Crippen LogP contribution is -2.03. The lowest BCUT2D eigenvalue weighted by molar-refractivity contribution is 0.603. The molecule has 0 spiro atoms. The summed E-state index contributed by atoms with van der Waals surface area (Å²) in [6, 6.07) is 20.6. The van der Waals surface area contributed by atoms with Crippen LogP contribution in [-0.4, -0.2) is 23.0 Å². The van der Waals surface area contributed by atoms with E-state index in [9.17, 15) is 13.7 Å². The van der Waals surface area contributed by atoms with Crippen LogP contribution in [0.25, 0.3) is 17.5 Å². The molecule has 0 aliphatic heterocycles. The number of benzene rings is 2. The van der Waals surface area contributed by atoms with E-state index in [0.717, 1.165) is 5.56 Å². The van der Waals surface area contributed by atoms with Crippen LogP contribution in [0.4, 0.5) is 0 Å². The quantitative estimate of drug-likeness (QED) is 0.378. The van der Waals surface area contributed by atoms with Gasteiger partial charge in [0.1, 0.15) is 16.7 Å². The van der Waals surface area contributed by atoms with Gasteiger partial charge >= 0.3 is 0 Å². The molecule has 2 aromatic carbocycles. The zero-order valence-corrected chi connectivity index (χ0v) is 18.3. The predicted molar refractivity (Wildman–Crippen MR) is 123 cm³/mol. The van der Waals surface area contributed by atoms with Crippen molar-refractivity contribution in [2.45, 2.75) is 11.4 Å². The van der Waals surface area contributed by atoms with E-state index >= 15 is 0 Å². The number of imidazole rings is 1. The summed E-state index contributed by atoms with van der Waals surface area (Å²) in [6.45, 7) is 0.556. The third kappa shape index (κ3) is 4.62. The zero-order valence-electron chi connectivity index (χ0n) is 16.8. The van der Waals surface area contributed by atoms with Crippen molar-refractivity contribution in [2.24, 2.45) is 0 Å². The summed E-state index contributed by atoms with van der Waals surface area (Å²) >= 11 is 6.23. The number of allylic oxidation sites excluding steroid dienone is 1. The van der Waals surface area contributed by atoms with Gasteiger partial charge in [-0.2, -0.15) is 5.26 Å². The molecule has 158 valence electrons. The molecule has 0 atom stereocenters. The smallest absolute Gasteiger partial charge is 0.216 e. The number of nitriles is 1. The van der Waals surface area contributed by atoms with Gasteiger partial charge in [0.25, 0.3) is 0 Å². The minimum Gasteiger partial charge on any atom is -0.332 e. The van der Waals surface area contributed by atoms with Crippen molar-refractivity contribution in [2.75, 3.05) is 0 Å². The van der Waals surface area contributed by atoms with Gasteiger partial charge in [-0.1, -0.05) is 48.0 Å². The van der Waals surface area contributed by atoms with Crippen molar-refractivity contribution in [1.82, 2.24) is 14.5 Å². The zero-order chi connectivity index (χ0) is 22.6. The fourth-order valence-electron chi connectivity index (χ4n) is 3.13. The maximum Gasteiger partial charge on any atom is 0.216 e. The number of hydrogen-bond donors (Lipinski definition) is 0. The monoisotopic (exact) mass is 460 g/mol. The fourth-order valence-corrected chi connectivity index (χ4v) is 4.50. The Labute approximate surface area is 191 Å². The van der Waals surface area contributed by atoms with Crippen LogP contribution >= 0.6 is 11.6 Å². The number of hydrogen-bond acceptors (Lipinski definition) is 5. The average molecular weight is 461 g/mol. The largest absolute Gasteiger partial charge is 0.332 e. The molecule has 0 saturated heterocycles. The van der Waals surface area contributed by atoms with Crippen LogP contribution < -0.4 is 0 Å². The summed E-state index contributed by atoms with van der Waals surface area (Å²) in [4.78, 5) is 8.47. The molecule has 0 fully saturated rings. The molecule has 0 N–H and O–H groups in total. The van der Waals surface area contributed by atoms with Gasteiger partial charge in [0.15, 0.2) is 0 Å². The maximum absolute atomic E-state index is 12.8. The Morgan fingerprint density at radius 1 is 1.03 bits per heavy atom. The molecule has 0 radical (unpaired) electrons. The summed E-state index contributed by atoms with van der Waals surface area (Å²) in [5.74, 6) is 0. The highest BCUT2D eigenvalue weighted by Gasteiger charge is 2.20. The minimum atomic E-state index is -3.91. The fraction of sp³-hybridized carbons (Fsp3) is 0.0417. The molecule has 6 nitrogen and oxygen atoms in total. The molecule has 2 heterocycles. The number of nitrogens with zero attached hydrogens (tertiary/aromatic N) is 4. The number of rotatable bonds is 6. The van der Waals surface area contributed by atoms with Crippen LogP contribution in [0.1, 0.15) is 11.1 Å². The number of aromatic nitrogens is 3. The SMILES string of the molecule is N#CC(=Cc1ccnc(-c2cn(Cc3ccccc3Cl)cn2)c1)S(=O)(=O)c1ccccc1. The van der Waals surface area contributed by atoms with Crippen LogP contribution in [0.5, 0.6) is 0 Å².